The normalized spacial score (nSPS) is 13.2. The lowest BCUT2D eigenvalue weighted by molar-refractivity contribution is -0.274. The molecule has 0 aliphatic carbocycles. The maximum Gasteiger partial charge on any atom is 0.573 e. The minimum absolute atomic E-state index is 0.298. The molecule has 18 heavy (non-hydrogen) atoms. The first-order valence-corrected chi connectivity index (χ1v) is 5.52. The van der Waals surface area contributed by atoms with Gasteiger partial charge < -0.3 is 9.84 Å². The van der Waals surface area contributed by atoms with Crippen molar-refractivity contribution in [2.45, 2.75) is 32.2 Å². The summed E-state index contributed by atoms with van der Waals surface area (Å²) in [7, 11) is 0. The molecule has 1 aromatic rings. The molecular weight excluding hydrogens is 245 g/mol. The van der Waals surface area contributed by atoms with Gasteiger partial charge in [0.15, 0.2) is 0 Å². The zero-order valence-electron chi connectivity index (χ0n) is 10.00. The number of hydrogen-bond donors (Lipinski definition) is 1. The van der Waals surface area contributed by atoms with E-state index in [4.69, 9.17) is 0 Å². The first-order chi connectivity index (χ1) is 8.31. The smallest absolute Gasteiger partial charge is 0.406 e. The summed E-state index contributed by atoms with van der Waals surface area (Å²) in [6, 6.07) is 5.19. The fourth-order valence-electron chi connectivity index (χ4n) is 1.43. The lowest BCUT2D eigenvalue weighted by atomic mass is 10.0. The van der Waals surface area contributed by atoms with Crippen LogP contribution >= 0.6 is 0 Å². The molecule has 5 heteroatoms. The van der Waals surface area contributed by atoms with E-state index in [0.717, 1.165) is 12.0 Å². The third-order valence-electron chi connectivity index (χ3n) is 2.48. The second-order valence-electron chi connectivity index (χ2n) is 3.94. The van der Waals surface area contributed by atoms with Crippen molar-refractivity contribution in [3.8, 4) is 5.75 Å². The van der Waals surface area contributed by atoms with Gasteiger partial charge in [-0.3, -0.25) is 0 Å². The number of rotatable bonds is 5. The Morgan fingerprint density at radius 2 is 1.89 bits per heavy atom. The largest absolute Gasteiger partial charge is 0.573 e. The quantitative estimate of drug-likeness (QED) is 0.811. The second-order valence-corrected chi connectivity index (χ2v) is 3.94. The molecule has 0 saturated heterocycles. The lowest BCUT2D eigenvalue weighted by Crippen LogP contribution is -2.17. The summed E-state index contributed by atoms with van der Waals surface area (Å²) in [5.74, 6) is -0.298. The van der Waals surface area contributed by atoms with Crippen LogP contribution in [0.15, 0.2) is 36.4 Å². The molecule has 0 saturated carbocycles. The number of hydrogen-bond acceptors (Lipinski definition) is 2. The standard InChI is InChI=1S/C13H15F3O2/c1-3-9(2)8-12(17)10-4-6-11(7-5-10)18-13(14,15)16/h4-7,12,17H,2-3,8H2,1H3. The van der Waals surface area contributed by atoms with Crippen LogP contribution in [0.25, 0.3) is 0 Å². The zero-order chi connectivity index (χ0) is 13.8. The van der Waals surface area contributed by atoms with Crippen LogP contribution in [0, 0.1) is 0 Å². The van der Waals surface area contributed by atoms with Crippen LogP contribution in [-0.2, 0) is 0 Å². The molecule has 0 aromatic heterocycles. The average molecular weight is 260 g/mol. The van der Waals surface area contributed by atoms with Crippen molar-refractivity contribution < 1.29 is 23.0 Å². The second kappa shape index (κ2) is 5.91. The van der Waals surface area contributed by atoms with Gasteiger partial charge in [0.2, 0.25) is 0 Å². The van der Waals surface area contributed by atoms with E-state index < -0.39 is 12.5 Å². The highest BCUT2D eigenvalue weighted by atomic mass is 19.4. The van der Waals surface area contributed by atoms with Gasteiger partial charge in [-0.2, -0.15) is 0 Å². The predicted molar refractivity (Wildman–Crippen MR) is 62.1 cm³/mol. The predicted octanol–water partition coefficient (Wildman–Crippen LogP) is 3.97. The fourth-order valence-corrected chi connectivity index (χ4v) is 1.43. The third-order valence-corrected chi connectivity index (χ3v) is 2.48. The Morgan fingerprint density at radius 3 is 2.33 bits per heavy atom. The van der Waals surface area contributed by atoms with Gasteiger partial charge >= 0.3 is 6.36 Å². The van der Waals surface area contributed by atoms with Gasteiger partial charge in [-0.25, -0.2) is 0 Å². The minimum Gasteiger partial charge on any atom is -0.406 e. The van der Waals surface area contributed by atoms with Crippen molar-refractivity contribution in [2.75, 3.05) is 0 Å². The Hall–Kier alpha value is -1.49. The SMILES string of the molecule is C=C(CC)CC(O)c1ccc(OC(F)(F)F)cc1. The van der Waals surface area contributed by atoms with Crippen LogP contribution < -0.4 is 4.74 Å². The summed E-state index contributed by atoms with van der Waals surface area (Å²) >= 11 is 0. The van der Waals surface area contributed by atoms with Gasteiger partial charge in [0, 0.05) is 0 Å². The Morgan fingerprint density at radius 1 is 1.33 bits per heavy atom. The molecule has 0 fully saturated rings. The molecule has 100 valence electrons. The topological polar surface area (TPSA) is 29.5 Å². The highest BCUT2D eigenvalue weighted by Crippen LogP contribution is 2.26. The van der Waals surface area contributed by atoms with E-state index in [1.165, 1.54) is 24.3 Å². The van der Waals surface area contributed by atoms with Crippen LogP contribution in [0.1, 0.15) is 31.4 Å². The van der Waals surface area contributed by atoms with Gasteiger partial charge in [-0.05, 0) is 30.5 Å². The van der Waals surface area contributed by atoms with E-state index in [0.29, 0.717) is 12.0 Å². The van der Waals surface area contributed by atoms with Crippen molar-refractivity contribution in [2.24, 2.45) is 0 Å². The molecule has 1 atom stereocenters. The number of aliphatic hydroxyl groups is 1. The third kappa shape index (κ3) is 4.79. The van der Waals surface area contributed by atoms with E-state index in [1.54, 1.807) is 0 Å². The molecule has 0 spiro atoms. The monoisotopic (exact) mass is 260 g/mol. The number of halogens is 3. The van der Waals surface area contributed by atoms with Gasteiger partial charge in [0.05, 0.1) is 6.10 Å². The Labute approximate surface area is 104 Å². The van der Waals surface area contributed by atoms with Crippen molar-refractivity contribution >= 4 is 0 Å². The highest BCUT2D eigenvalue weighted by molar-refractivity contribution is 5.29. The van der Waals surface area contributed by atoms with Gasteiger partial charge in [-0.15, -0.1) is 13.2 Å². The molecule has 1 N–H and O–H groups in total. The summed E-state index contributed by atoms with van der Waals surface area (Å²) in [6.45, 7) is 5.70. The molecule has 1 aromatic carbocycles. The van der Waals surface area contributed by atoms with Crippen molar-refractivity contribution in [1.82, 2.24) is 0 Å². The number of ether oxygens (including phenoxy) is 1. The maximum absolute atomic E-state index is 11.9. The molecule has 0 heterocycles. The lowest BCUT2D eigenvalue weighted by Gasteiger charge is -2.13. The van der Waals surface area contributed by atoms with Crippen LogP contribution in [0.5, 0.6) is 5.75 Å². The number of aliphatic hydroxyl groups excluding tert-OH is 1. The number of benzene rings is 1. The Kier molecular flexibility index (Phi) is 4.78. The molecule has 0 bridgehead atoms. The molecular formula is C13H15F3O2. The Bertz CT molecular complexity index is 396. The first kappa shape index (κ1) is 14.6. The summed E-state index contributed by atoms with van der Waals surface area (Å²) < 4.78 is 39.5. The summed E-state index contributed by atoms with van der Waals surface area (Å²) in [4.78, 5) is 0. The zero-order valence-corrected chi connectivity index (χ0v) is 10.00. The van der Waals surface area contributed by atoms with E-state index in [9.17, 15) is 18.3 Å². The fraction of sp³-hybridized carbons (Fsp3) is 0.385. The summed E-state index contributed by atoms with van der Waals surface area (Å²) in [5, 5.41) is 9.82. The number of alkyl halides is 3. The molecule has 1 rings (SSSR count). The minimum atomic E-state index is -4.70. The van der Waals surface area contributed by atoms with Crippen LogP contribution in [0.4, 0.5) is 13.2 Å². The molecule has 0 aliphatic rings. The van der Waals surface area contributed by atoms with E-state index in [-0.39, 0.29) is 5.75 Å². The molecule has 0 amide bonds. The maximum atomic E-state index is 11.9. The van der Waals surface area contributed by atoms with Crippen molar-refractivity contribution in [1.29, 1.82) is 0 Å². The van der Waals surface area contributed by atoms with Crippen LogP contribution in [0.2, 0.25) is 0 Å². The van der Waals surface area contributed by atoms with Gasteiger partial charge in [-0.1, -0.05) is 31.2 Å². The van der Waals surface area contributed by atoms with E-state index >= 15 is 0 Å². The first-order valence-electron chi connectivity index (χ1n) is 5.52. The van der Waals surface area contributed by atoms with Gasteiger partial charge in [0.1, 0.15) is 5.75 Å². The van der Waals surface area contributed by atoms with Crippen molar-refractivity contribution in [3.05, 3.63) is 42.0 Å². The van der Waals surface area contributed by atoms with Crippen LogP contribution in [0.3, 0.4) is 0 Å². The van der Waals surface area contributed by atoms with Crippen molar-refractivity contribution in [3.63, 3.8) is 0 Å². The van der Waals surface area contributed by atoms with E-state index in [1.807, 2.05) is 6.92 Å². The summed E-state index contributed by atoms with van der Waals surface area (Å²) in [6.07, 6.45) is -4.30. The Balaban J connectivity index is 2.67. The van der Waals surface area contributed by atoms with Gasteiger partial charge in [0.25, 0.3) is 0 Å². The van der Waals surface area contributed by atoms with E-state index in [2.05, 4.69) is 11.3 Å². The molecule has 2 nitrogen and oxygen atoms in total. The highest BCUT2D eigenvalue weighted by Gasteiger charge is 2.31. The summed E-state index contributed by atoms with van der Waals surface area (Å²) in [5.41, 5.74) is 1.43. The van der Waals surface area contributed by atoms with Crippen LogP contribution in [-0.4, -0.2) is 11.5 Å². The molecule has 0 aliphatic heterocycles. The molecule has 0 radical (unpaired) electrons. The molecule has 1 unspecified atom stereocenters. The average Bonchev–Trinajstić information content (AvgIpc) is 2.27.